The fourth-order valence-corrected chi connectivity index (χ4v) is 5.28. The van der Waals surface area contributed by atoms with Crippen LogP contribution in [0.1, 0.15) is 48.3 Å². The van der Waals surface area contributed by atoms with E-state index in [2.05, 4.69) is 28.5 Å². The lowest BCUT2D eigenvalue weighted by Crippen LogP contribution is -2.29. The molecule has 0 fully saturated rings. The summed E-state index contributed by atoms with van der Waals surface area (Å²) in [4.78, 5) is 30.6. The summed E-state index contributed by atoms with van der Waals surface area (Å²) in [7, 11) is 0. The molecule has 1 aliphatic carbocycles. The molecule has 7 heteroatoms. The van der Waals surface area contributed by atoms with Crippen LogP contribution in [0.3, 0.4) is 0 Å². The Balaban J connectivity index is 1.32. The SMILES string of the molecule is CC(NC(=O)CSc1nc2ccccc2c(=O)n1Cc1ccco1)c1ccc2c(c1)CCCC2. The normalized spacial score (nSPS) is 14.0. The van der Waals surface area contributed by atoms with Gasteiger partial charge < -0.3 is 9.73 Å². The molecule has 1 N–H and O–H groups in total. The molecule has 2 heterocycles. The smallest absolute Gasteiger partial charge is 0.262 e. The van der Waals surface area contributed by atoms with E-state index in [0.29, 0.717) is 21.8 Å². The predicted molar refractivity (Wildman–Crippen MR) is 134 cm³/mol. The van der Waals surface area contributed by atoms with Crippen LogP contribution in [-0.4, -0.2) is 21.2 Å². The van der Waals surface area contributed by atoms with Crippen molar-refractivity contribution in [2.75, 3.05) is 5.75 Å². The summed E-state index contributed by atoms with van der Waals surface area (Å²) >= 11 is 1.26. The Morgan fingerprint density at radius 2 is 1.94 bits per heavy atom. The third kappa shape index (κ3) is 4.80. The second kappa shape index (κ2) is 9.89. The number of nitrogens with zero attached hydrogens (tertiary/aromatic N) is 2. The molecule has 4 aromatic rings. The lowest BCUT2D eigenvalue weighted by Gasteiger charge is -2.20. The Hall–Kier alpha value is -3.32. The Morgan fingerprint density at radius 3 is 2.76 bits per heavy atom. The quantitative estimate of drug-likeness (QED) is 0.306. The topological polar surface area (TPSA) is 77.1 Å². The van der Waals surface area contributed by atoms with Gasteiger partial charge in [0.05, 0.1) is 35.5 Å². The first-order valence-electron chi connectivity index (χ1n) is 11.6. The molecule has 5 rings (SSSR count). The van der Waals surface area contributed by atoms with Crippen LogP contribution in [0.15, 0.2) is 75.2 Å². The summed E-state index contributed by atoms with van der Waals surface area (Å²) < 4.78 is 7.03. The molecule has 1 aliphatic rings. The first-order valence-corrected chi connectivity index (χ1v) is 12.6. The molecule has 34 heavy (non-hydrogen) atoms. The van der Waals surface area contributed by atoms with Crippen LogP contribution in [0.25, 0.3) is 10.9 Å². The molecule has 1 atom stereocenters. The summed E-state index contributed by atoms with van der Waals surface area (Å²) in [6.45, 7) is 2.27. The van der Waals surface area contributed by atoms with E-state index >= 15 is 0 Å². The first kappa shape index (κ1) is 22.5. The second-order valence-corrected chi connectivity index (χ2v) is 9.64. The molecule has 1 amide bonds. The van der Waals surface area contributed by atoms with Crippen molar-refractivity contribution in [1.29, 1.82) is 0 Å². The number of rotatable bonds is 7. The Kier molecular flexibility index (Phi) is 6.54. The van der Waals surface area contributed by atoms with E-state index in [1.165, 1.54) is 35.7 Å². The summed E-state index contributed by atoms with van der Waals surface area (Å²) in [5.74, 6) is 0.728. The van der Waals surface area contributed by atoms with E-state index in [4.69, 9.17) is 4.42 Å². The minimum Gasteiger partial charge on any atom is -0.467 e. The molecule has 0 aliphatic heterocycles. The van der Waals surface area contributed by atoms with Gasteiger partial charge in [-0.05, 0) is 73.6 Å². The highest BCUT2D eigenvalue weighted by molar-refractivity contribution is 7.99. The van der Waals surface area contributed by atoms with E-state index in [9.17, 15) is 9.59 Å². The van der Waals surface area contributed by atoms with Crippen molar-refractivity contribution in [1.82, 2.24) is 14.9 Å². The van der Waals surface area contributed by atoms with E-state index in [1.807, 2.05) is 31.2 Å². The standard InChI is InChI=1S/C27H27N3O3S/c1-18(20-13-12-19-7-2-3-8-21(19)15-20)28-25(31)17-34-27-29-24-11-5-4-10-23(24)26(32)30(27)16-22-9-6-14-33-22/h4-6,9-15,18H,2-3,7-8,16-17H2,1H3,(H,28,31). The largest absolute Gasteiger partial charge is 0.467 e. The van der Waals surface area contributed by atoms with Gasteiger partial charge in [0.15, 0.2) is 5.16 Å². The van der Waals surface area contributed by atoms with Gasteiger partial charge >= 0.3 is 0 Å². The van der Waals surface area contributed by atoms with E-state index in [-0.39, 0.29) is 29.8 Å². The molecule has 0 radical (unpaired) electrons. The number of hydrogen-bond acceptors (Lipinski definition) is 5. The fourth-order valence-electron chi connectivity index (χ4n) is 4.47. The summed E-state index contributed by atoms with van der Waals surface area (Å²) in [6.07, 6.45) is 6.32. The monoisotopic (exact) mass is 473 g/mol. The van der Waals surface area contributed by atoms with Crippen LogP contribution < -0.4 is 10.9 Å². The molecule has 6 nitrogen and oxygen atoms in total. The number of thioether (sulfide) groups is 1. The Labute approximate surface area is 202 Å². The average molecular weight is 474 g/mol. The van der Waals surface area contributed by atoms with Crippen LogP contribution in [0.2, 0.25) is 0 Å². The van der Waals surface area contributed by atoms with Gasteiger partial charge in [0.1, 0.15) is 5.76 Å². The zero-order chi connectivity index (χ0) is 23.5. The van der Waals surface area contributed by atoms with Gasteiger partial charge in [-0.1, -0.05) is 42.1 Å². The summed E-state index contributed by atoms with van der Waals surface area (Å²) in [5, 5.41) is 4.14. The maximum atomic E-state index is 13.2. The maximum Gasteiger partial charge on any atom is 0.262 e. The summed E-state index contributed by atoms with van der Waals surface area (Å²) in [5.41, 5.74) is 4.43. The molecule has 174 valence electrons. The van der Waals surface area contributed by atoms with Crippen molar-refractivity contribution in [3.63, 3.8) is 0 Å². The number of carbonyl (C=O) groups is 1. The second-order valence-electron chi connectivity index (χ2n) is 8.70. The lowest BCUT2D eigenvalue weighted by molar-refractivity contribution is -0.119. The Bertz CT molecular complexity index is 1380. The van der Waals surface area contributed by atoms with E-state index in [1.54, 1.807) is 23.0 Å². The number of furan rings is 1. The van der Waals surface area contributed by atoms with E-state index < -0.39 is 0 Å². The van der Waals surface area contributed by atoms with Crippen LogP contribution in [0.4, 0.5) is 0 Å². The molecule has 2 aromatic heterocycles. The molecular formula is C27H27N3O3S. The lowest BCUT2D eigenvalue weighted by atomic mass is 9.89. The minimum atomic E-state index is -0.146. The maximum absolute atomic E-state index is 13.2. The molecule has 0 saturated carbocycles. The molecule has 0 bridgehead atoms. The van der Waals surface area contributed by atoms with Crippen LogP contribution >= 0.6 is 11.8 Å². The molecule has 0 spiro atoms. The third-order valence-corrected chi connectivity index (χ3v) is 7.28. The van der Waals surface area contributed by atoms with Gasteiger partial charge in [-0.2, -0.15) is 0 Å². The minimum absolute atomic E-state index is 0.0878. The number of para-hydroxylation sites is 1. The van der Waals surface area contributed by atoms with Crippen molar-refractivity contribution >= 4 is 28.6 Å². The van der Waals surface area contributed by atoms with Crippen LogP contribution in [-0.2, 0) is 24.2 Å². The molecular weight excluding hydrogens is 446 g/mol. The van der Waals surface area contributed by atoms with Gasteiger partial charge in [0.25, 0.3) is 5.56 Å². The van der Waals surface area contributed by atoms with Gasteiger partial charge in [-0.3, -0.25) is 14.2 Å². The Morgan fingerprint density at radius 1 is 1.12 bits per heavy atom. The molecule has 0 saturated heterocycles. The van der Waals surface area contributed by atoms with Crippen molar-refractivity contribution in [3.8, 4) is 0 Å². The van der Waals surface area contributed by atoms with Crippen LogP contribution in [0, 0.1) is 0 Å². The third-order valence-electron chi connectivity index (χ3n) is 6.30. The van der Waals surface area contributed by atoms with Crippen molar-refractivity contribution in [2.45, 2.75) is 50.4 Å². The number of aromatic nitrogens is 2. The van der Waals surface area contributed by atoms with E-state index in [0.717, 1.165) is 18.4 Å². The fraction of sp³-hybridized carbons (Fsp3) is 0.296. The van der Waals surface area contributed by atoms with Crippen molar-refractivity contribution in [3.05, 3.63) is 93.7 Å². The first-order chi connectivity index (χ1) is 16.6. The van der Waals surface area contributed by atoms with Crippen LogP contribution in [0.5, 0.6) is 0 Å². The van der Waals surface area contributed by atoms with Crippen molar-refractivity contribution in [2.24, 2.45) is 0 Å². The highest BCUT2D eigenvalue weighted by Crippen LogP contribution is 2.25. The van der Waals surface area contributed by atoms with Gasteiger partial charge in [0.2, 0.25) is 5.91 Å². The number of benzene rings is 2. The van der Waals surface area contributed by atoms with Gasteiger partial charge in [-0.25, -0.2) is 4.98 Å². The van der Waals surface area contributed by atoms with Gasteiger partial charge in [-0.15, -0.1) is 0 Å². The number of carbonyl (C=O) groups excluding carboxylic acids is 1. The zero-order valence-electron chi connectivity index (χ0n) is 19.1. The number of nitrogens with one attached hydrogen (secondary N) is 1. The highest BCUT2D eigenvalue weighted by Gasteiger charge is 2.17. The predicted octanol–water partition coefficient (Wildman–Crippen LogP) is 4.89. The average Bonchev–Trinajstić information content (AvgIpc) is 3.38. The molecule has 2 aromatic carbocycles. The number of aryl methyl sites for hydroxylation is 2. The number of hydrogen-bond donors (Lipinski definition) is 1. The van der Waals surface area contributed by atoms with Gasteiger partial charge in [0, 0.05) is 0 Å². The highest BCUT2D eigenvalue weighted by atomic mass is 32.2. The molecule has 1 unspecified atom stereocenters. The zero-order valence-corrected chi connectivity index (χ0v) is 19.9. The summed E-state index contributed by atoms with van der Waals surface area (Å²) in [6, 6.07) is 17.3. The van der Waals surface area contributed by atoms with Crippen molar-refractivity contribution < 1.29 is 9.21 Å². The number of fused-ring (bicyclic) bond motifs is 2. The number of amides is 1.